The first kappa shape index (κ1) is 18.6. The van der Waals surface area contributed by atoms with Gasteiger partial charge in [0.15, 0.2) is 11.5 Å². The predicted molar refractivity (Wildman–Crippen MR) is 90.3 cm³/mol. The SMILES string of the molecule is CCOc1cc(NC(=O)CCC2CCCN2)ccc1OC.Cl. The van der Waals surface area contributed by atoms with Crippen molar-refractivity contribution in [2.75, 3.05) is 25.6 Å². The van der Waals surface area contributed by atoms with Crippen LogP contribution in [0, 0.1) is 0 Å². The number of carbonyl (C=O) groups excluding carboxylic acids is 1. The molecule has 0 aliphatic carbocycles. The average molecular weight is 329 g/mol. The van der Waals surface area contributed by atoms with Gasteiger partial charge in [-0.3, -0.25) is 4.79 Å². The third kappa shape index (κ3) is 5.39. The normalized spacial score (nSPS) is 16.7. The Kier molecular flexibility index (Phi) is 8.06. The van der Waals surface area contributed by atoms with Crippen LogP contribution in [0.2, 0.25) is 0 Å². The van der Waals surface area contributed by atoms with E-state index in [1.165, 1.54) is 12.8 Å². The lowest BCUT2D eigenvalue weighted by molar-refractivity contribution is -0.116. The van der Waals surface area contributed by atoms with Gasteiger partial charge in [-0.2, -0.15) is 0 Å². The minimum atomic E-state index is 0. The molecule has 1 aromatic carbocycles. The van der Waals surface area contributed by atoms with Gasteiger partial charge in [0.05, 0.1) is 13.7 Å². The molecule has 0 spiro atoms. The molecule has 1 aliphatic rings. The van der Waals surface area contributed by atoms with Gasteiger partial charge in [-0.1, -0.05) is 0 Å². The summed E-state index contributed by atoms with van der Waals surface area (Å²) in [5, 5.41) is 6.31. The van der Waals surface area contributed by atoms with Gasteiger partial charge in [-0.15, -0.1) is 12.4 Å². The summed E-state index contributed by atoms with van der Waals surface area (Å²) in [5.41, 5.74) is 0.739. The molecule has 1 saturated heterocycles. The molecule has 22 heavy (non-hydrogen) atoms. The maximum absolute atomic E-state index is 12.0. The van der Waals surface area contributed by atoms with E-state index in [0.717, 1.165) is 18.7 Å². The molecule has 1 fully saturated rings. The number of methoxy groups -OCH3 is 1. The van der Waals surface area contributed by atoms with E-state index in [-0.39, 0.29) is 18.3 Å². The van der Waals surface area contributed by atoms with Crippen LogP contribution in [0.3, 0.4) is 0 Å². The number of hydrogen-bond acceptors (Lipinski definition) is 4. The Hall–Kier alpha value is -1.46. The van der Waals surface area contributed by atoms with E-state index in [9.17, 15) is 4.79 Å². The molecule has 5 nitrogen and oxygen atoms in total. The van der Waals surface area contributed by atoms with E-state index in [0.29, 0.717) is 30.6 Å². The highest BCUT2D eigenvalue weighted by Crippen LogP contribution is 2.30. The van der Waals surface area contributed by atoms with Crippen LogP contribution in [0.25, 0.3) is 0 Å². The molecule has 1 unspecified atom stereocenters. The Morgan fingerprint density at radius 3 is 2.86 bits per heavy atom. The van der Waals surface area contributed by atoms with Gasteiger partial charge in [0, 0.05) is 24.2 Å². The molecule has 1 aromatic rings. The minimum Gasteiger partial charge on any atom is -0.493 e. The number of ether oxygens (including phenoxy) is 2. The zero-order valence-corrected chi connectivity index (χ0v) is 14.0. The second kappa shape index (κ2) is 9.54. The number of halogens is 1. The zero-order valence-electron chi connectivity index (χ0n) is 13.2. The van der Waals surface area contributed by atoms with Crippen molar-refractivity contribution in [2.24, 2.45) is 0 Å². The zero-order chi connectivity index (χ0) is 15.1. The number of rotatable bonds is 7. The van der Waals surface area contributed by atoms with Crippen LogP contribution in [0.4, 0.5) is 5.69 Å². The second-order valence-corrected chi connectivity index (χ2v) is 5.18. The lowest BCUT2D eigenvalue weighted by Crippen LogP contribution is -2.23. The van der Waals surface area contributed by atoms with Crippen LogP contribution in [-0.4, -0.2) is 32.2 Å². The van der Waals surface area contributed by atoms with E-state index in [1.54, 1.807) is 19.2 Å². The molecular weight excluding hydrogens is 304 g/mol. The first-order valence-electron chi connectivity index (χ1n) is 7.57. The Morgan fingerprint density at radius 1 is 1.41 bits per heavy atom. The highest BCUT2D eigenvalue weighted by atomic mass is 35.5. The summed E-state index contributed by atoms with van der Waals surface area (Å²) < 4.78 is 10.7. The number of nitrogens with one attached hydrogen (secondary N) is 2. The molecule has 1 heterocycles. The monoisotopic (exact) mass is 328 g/mol. The van der Waals surface area contributed by atoms with Crippen molar-refractivity contribution in [1.82, 2.24) is 5.32 Å². The largest absolute Gasteiger partial charge is 0.493 e. The van der Waals surface area contributed by atoms with Crippen LogP contribution < -0.4 is 20.1 Å². The Bertz CT molecular complexity index is 476. The number of amides is 1. The van der Waals surface area contributed by atoms with Crippen molar-refractivity contribution in [3.63, 3.8) is 0 Å². The number of hydrogen-bond donors (Lipinski definition) is 2. The highest BCUT2D eigenvalue weighted by Gasteiger charge is 2.15. The van der Waals surface area contributed by atoms with Crippen molar-refractivity contribution < 1.29 is 14.3 Å². The summed E-state index contributed by atoms with van der Waals surface area (Å²) in [6, 6.07) is 5.92. The van der Waals surface area contributed by atoms with E-state index in [4.69, 9.17) is 9.47 Å². The predicted octanol–water partition coefficient (Wildman–Crippen LogP) is 2.99. The summed E-state index contributed by atoms with van der Waals surface area (Å²) in [6.45, 7) is 3.54. The summed E-state index contributed by atoms with van der Waals surface area (Å²) in [4.78, 5) is 12.0. The van der Waals surface area contributed by atoms with Gasteiger partial charge >= 0.3 is 0 Å². The molecule has 1 atom stereocenters. The Balaban J connectivity index is 0.00000242. The van der Waals surface area contributed by atoms with Crippen molar-refractivity contribution in [2.45, 2.75) is 38.6 Å². The van der Waals surface area contributed by atoms with Crippen molar-refractivity contribution in [3.8, 4) is 11.5 Å². The smallest absolute Gasteiger partial charge is 0.224 e. The molecule has 6 heteroatoms. The van der Waals surface area contributed by atoms with Gasteiger partial charge in [0.25, 0.3) is 0 Å². The molecule has 2 N–H and O–H groups in total. The van der Waals surface area contributed by atoms with E-state index in [2.05, 4.69) is 10.6 Å². The number of benzene rings is 1. The molecule has 0 bridgehead atoms. The number of carbonyl (C=O) groups is 1. The molecule has 0 aromatic heterocycles. The molecule has 2 rings (SSSR count). The minimum absolute atomic E-state index is 0. The van der Waals surface area contributed by atoms with Gasteiger partial charge in [-0.25, -0.2) is 0 Å². The van der Waals surface area contributed by atoms with Crippen LogP contribution in [0.1, 0.15) is 32.6 Å². The fourth-order valence-corrected chi connectivity index (χ4v) is 2.55. The van der Waals surface area contributed by atoms with Gasteiger partial charge in [0.2, 0.25) is 5.91 Å². The molecule has 0 radical (unpaired) electrons. The first-order chi connectivity index (χ1) is 10.2. The lowest BCUT2D eigenvalue weighted by Gasteiger charge is -2.13. The second-order valence-electron chi connectivity index (χ2n) is 5.18. The summed E-state index contributed by atoms with van der Waals surface area (Å²) in [6.07, 6.45) is 3.81. The summed E-state index contributed by atoms with van der Waals surface area (Å²) in [5.74, 6) is 1.36. The summed E-state index contributed by atoms with van der Waals surface area (Å²) in [7, 11) is 1.60. The topological polar surface area (TPSA) is 59.6 Å². The lowest BCUT2D eigenvalue weighted by atomic mass is 10.1. The summed E-state index contributed by atoms with van der Waals surface area (Å²) >= 11 is 0. The molecular formula is C16H25ClN2O3. The van der Waals surface area contributed by atoms with Crippen molar-refractivity contribution >= 4 is 24.0 Å². The van der Waals surface area contributed by atoms with Crippen molar-refractivity contribution in [3.05, 3.63) is 18.2 Å². The third-order valence-corrected chi connectivity index (χ3v) is 3.63. The van der Waals surface area contributed by atoms with E-state index >= 15 is 0 Å². The van der Waals surface area contributed by atoms with Crippen LogP contribution in [0.5, 0.6) is 11.5 Å². The molecule has 1 amide bonds. The molecule has 1 aliphatic heterocycles. The fourth-order valence-electron chi connectivity index (χ4n) is 2.55. The van der Waals surface area contributed by atoms with Crippen LogP contribution in [0.15, 0.2) is 18.2 Å². The highest BCUT2D eigenvalue weighted by molar-refractivity contribution is 5.91. The quantitative estimate of drug-likeness (QED) is 0.808. The van der Waals surface area contributed by atoms with Gasteiger partial charge < -0.3 is 20.1 Å². The number of anilines is 1. The fraction of sp³-hybridized carbons (Fsp3) is 0.562. The van der Waals surface area contributed by atoms with Crippen LogP contribution in [-0.2, 0) is 4.79 Å². The Labute approximate surface area is 138 Å². The van der Waals surface area contributed by atoms with Gasteiger partial charge in [0.1, 0.15) is 0 Å². The maximum atomic E-state index is 12.0. The van der Waals surface area contributed by atoms with E-state index < -0.39 is 0 Å². The Morgan fingerprint density at radius 2 is 2.23 bits per heavy atom. The third-order valence-electron chi connectivity index (χ3n) is 3.63. The molecule has 124 valence electrons. The maximum Gasteiger partial charge on any atom is 0.224 e. The average Bonchev–Trinajstić information content (AvgIpc) is 2.99. The van der Waals surface area contributed by atoms with Crippen molar-refractivity contribution in [1.29, 1.82) is 0 Å². The standard InChI is InChI=1S/C16H24N2O3.ClH/c1-3-21-15-11-13(6-8-14(15)20-2)18-16(19)9-7-12-5-4-10-17-12;/h6,8,11-12,17H,3-5,7,9-10H2,1-2H3,(H,18,19);1H. The molecule has 0 saturated carbocycles. The van der Waals surface area contributed by atoms with Crippen LogP contribution >= 0.6 is 12.4 Å². The van der Waals surface area contributed by atoms with Gasteiger partial charge in [-0.05, 0) is 44.9 Å². The van der Waals surface area contributed by atoms with E-state index in [1.807, 2.05) is 13.0 Å². The first-order valence-corrected chi connectivity index (χ1v) is 7.57.